The van der Waals surface area contributed by atoms with Crippen LogP contribution in [0.2, 0.25) is 0 Å². The lowest BCUT2D eigenvalue weighted by Crippen LogP contribution is -2.53. The lowest BCUT2D eigenvalue weighted by molar-refractivity contribution is 0.189. The van der Waals surface area contributed by atoms with Gasteiger partial charge in [0.2, 0.25) is 0 Å². The fourth-order valence-electron chi connectivity index (χ4n) is 3.76. The molecular weight excluding hydrogens is 322 g/mol. The molecule has 2 aromatic carbocycles. The molecule has 136 valence electrons. The van der Waals surface area contributed by atoms with Crippen LogP contribution in [0.1, 0.15) is 29.5 Å². The summed E-state index contributed by atoms with van der Waals surface area (Å²) in [4.78, 5) is 17.1. The van der Waals surface area contributed by atoms with E-state index in [2.05, 4.69) is 72.6 Å². The predicted molar refractivity (Wildman–Crippen MR) is 106 cm³/mol. The SMILES string of the molecule is Cc1ccc(C2(NC(=O)N3CCN(c4cccc(C)c4)CC3)CC2)cc1. The third kappa shape index (κ3) is 3.41. The zero-order valence-electron chi connectivity index (χ0n) is 15.7. The smallest absolute Gasteiger partial charge is 0.318 e. The van der Waals surface area contributed by atoms with Gasteiger partial charge < -0.3 is 15.1 Å². The largest absolute Gasteiger partial charge is 0.368 e. The molecule has 0 spiro atoms. The number of amides is 2. The molecule has 4 nitrogen and oxygen atoms in total. The van der Waals surface area contributed by atoms with Crippen molar-refractivity contribution in [1.82, 2.24) is 10.2 Å². The van der Waals surface area contributed by atoms with Crippen LogP contribution in [0.5, 0.6) is 0 Å². The molecule has 1 saturated carbocycles. The predicted octanol–water partition coefficient (Wildman–Crippen LogP) is 3.82. The molecule has 1 aliphatic heterocycles. The Hall–Kier alpha value is -2.49. The van der Waals surface area contributed by atoms with Crippen LogP contribution in [-0.4, -0.2) is 37.1 Å². The standard InChI is InChI=1S/C22H27N3O/c1-17-6-8-19(9-7-17)22(10-11-22)23-21(26)25-14-12-24(13-15-25)20-5-3-4-18(2)16-20/h3-9,16H,10-15H2,1-2H3,(H,23,26). The quantitative estimate of drug-likeness (QED) is 0.914. The van der Waals surface area contributed by atoms with E-state index >= 15 is 0 Å². The first-order valence-corrected chi connectivity index (χ1v) is 9.52. The second-order valence-electron chi connectivity index (χ2n) is 7.69. The summed E-state index contributed by atoms with van der Waals surface area (Å²) in [7, 11) is 0. The average molecular weight is 349 g/mol. The van der Waals surface area contributed by atoms with E-state index in [0.717, 1.165) is 39.0 Å². The van der Waals surface area contributed by atoms with Crippen LogP contribution in [0.25, 0.3) is 0 Å². The van der Waals surface area contributed by atoms with Crippen molar-refractivity contribution < 1.29 is 4.79 Å². The second kappa shape index (κ2) is 6.67. The second-order valence-corrected chi connectivity index (χ2v) is 7.69. The van der Waals surface area contributed by atoms with Gasteiger partial charge in [-0.3, -0.25) is 0 Å². The van der Waals surface area contributed by atoms with Crippen molar-refractivity contribution in [2.45, 2.75) is 32.2 Å². The highest BCUT2D eigenvalue weighted by Crippen LogP contribution is 2.45. The maximum absolute atomic E-state index is 12.8. The number of hydrogen-bond donors (Lipinski definition) is 1. The topological polar surface area (TPSA) is 35.6 Å². The van der Waals surface area contributed by atoms with E-state index in [9.17, 15) is 4.79 Å². The molecule has 1 aliphatic carbocycles. The summed E-state index contributed by atoms with van der Waals surface area (Å²) >= 11 is 0. The van der Waals surface area contributed by atoms with E-state index in [-0.39, 0.29) is 11.6 Å². The third-order valence-corrected chi connectivity index (χ3v) is 5.63. The van der Waals surface area contributed by atoms with Crippen LogP contribution in [-0.2, 0) is 5.54 Å². The third-order valence-electron chi connectivity index (χ3n) is 5.63. The van der Waals surface area contributed by atoms with Gasteiger partial charge in [0.15, 0.2) is 0 Å². The van der Waals surface area contributed by atoms with E-state index in [4.69, 9.17) is 0 Å². The first-order valence-electron chi connectivity index (χ1n) is 9.52. The molecule has 1 N–H and O–H groups in total. The molecule has 0 aromatic heterocycles. The minimum Gasteiger partial charge on any atom is -0.368 e. The normalized spacial score (nSPS) is 18.5. The van der Waals surface area contributed by atoms with Crippen molar-refractivity contribution in [3.8, 4) is 0 Å². The van der Waals surface area contributed by atoms with Gasteiger partial charge in [0.25, 0.3) is 0 Å². The number of rotatable bonds is 3. The Labute approximate surface area is 155 Å². The molecule has 0 unspecified atom stereocenters. The molecule has 4 rings (SSSR count). The number of hydrogen-bond acceptors (Lipinski definition) is 2. The number of carbonyl (C=O) groups excluding carboxylic acids is 1. The molecular formula is C22H27N3O. The van der Waals surface area contributed by atoms with Gasteiger partial charge in [-0.05, 0) is 49.9 Å². The van der Waals surface area contributed by atoms with Crippen molar-refractivity contribution >= 4 is 11.7 Å². The van der Waals surface area contributed by atoms with Gasteiger partial charge in [-0.25, -0.2) is 4.79 Å². The number of nitrogens with zero attached hydrogens (tertiary/aromatic N) is 2. The molecule has 1 saturated heterocycles. The maximum Gasteiger partial charge on any atom is 0.318 e. The molecule has 4 heteroatoms. The minimum atomic E-state index is -0.140. The highest BCUT2D eigenvalue weighted by atomic mass is 16.2. The highest BCUT2D eigenvalue weighted by molar-refractivity contribution is 5.76. The number of benzene rings is 2. The van der Waals surface area contributed by atoms with E-state index in [1.807, 2.05) is 4.90 Å². The lowest BCUT2D eigenvalue weighted by atomic mass is 10.0. The Bertz CT molecular complexity index is 787. The Balaban J connectivity index is 1.36. The maximum atomic E-state index is 12.8. The number of nitrogens with one attached hydrogen (secondary N) is 1. The molecule has 2 aliphatic rings. The van der Waals surface area contributed by atoms with E-state index in [1.165, 1.54) is 22.4 Å². The van der Waals surface area contributed by atoms with Crippen molar-refractivity contribution in [1.29, 1.82) is 0 Å². The molecule has 2 amide bonds. The van der Waals surface area contributed by atoms with Gasteiger partial charge in [0, 0.05) is 31.9 Å². The summed E-state index contributed by atoms with van der Waals surface area (Å²) in [5.41, 5.74) is 4.87. The van der Waals surface area contributed by atoms with Gasteiger partial charge in [0.05, 0.1) is 5.54 Å². The lowest BCUT2D eigenvalue weighted by Gasteiger charge is -2.37. The molecule has 0 radical (unpaired) electrons. The summed E-state index contributed by atoms with van der Waals surface area (Å²) in [6, 6.07) is 17.2. The van der Waals surface area contributed by atoms with Gasteiger partial charge in [-0.15, -0.1) is 0 Å². The number of aryl methyl sites for hydroxylation is 2. The van der Waals surface area contributed by atoms with Crippen LogP contribution in [0.3, 0.4) is 0 Å². The zero-order valence-corrected chi connectivity index (χ0v) is 15.7. The first kappa shape index (κ1) is 17.0. The van der Waals surface area contributed by atoms with Gasteiger partial charge in [-0.2, -0.15) is 0 Å². The van der Waals surface area contributed by atoms with Crippen molar-refractivity contribution in [3.63, 3.8) is 0 Å². The van der Waals surface area contributed by atoms with Crippen LogP contribution in [0.15, 0.2) is 48.5 Å². The number of piperazine rings is 1. The Morgan fingerprint density at radius 1 is 0.923 bits per heavy atom. The van der Waals surface area contributed by atoms with Gasteiger partial charge in [0.1, 0.15) is 0 Å². The average Bonchev–Trinajstić information content (AvgIpc) is 3.43. The van der Waals surface area contributed by atoms with Crippen molar-refractivity contribution in [2.75, 3.05) is 31.1 Å². The Morgan fingerprint density at radius 2 is 1.62 bits per heavy atom. The highest BCUT2D eigenvalue weighted by Gasteiger charge is 2.46. The van der Waals surface area contributed by atoms with E-state index in [0.29, 0.717) is 0 Å². The summed E-state index contributed by atoms with van der Waals surface area (Å²) in [6.45, 7) is 7.51. The Kier molecular flexibility index (Phi) is 4.35. The van der Waals surface area contributed by atoms with Crippen molar-refractivity contribution in [2.24, 2.45) is 0 Å². The monoisotopic (exact) mass is 349 g/mol. The first-order chi connectivity index (χ1) is 12.6. The van der Waals surface area contributed by atoms with Gasteiger partial charge >= 0.3 is 6.03 Å². The number of anilines is 1. The number of urea groups is 1. The fourth-order valence-corrected chi connectivity index (χ4v) is 3.76. The summed E-state index contributed by atoms with van der Waals surface area (Å²) in [6.07, 6.45) is 2.07. The van der Waals surface area contributed by atoms with E-state index in [1.54, 1.807) is 0 Å². The van der Waals surface area contributed by atoms with E-state index < -0.39 is 0 Å². The van der Waals surface area contributed by atoms with Crippen LogP contribution in [0.4, 0.5) is 10.5 Å². The minimum absolute atomic E-state index is 0.0759. The molecule has 1 heterocycles. The molecule has 0 atom stereocenters. The molecule has 2 fully saturated rings. The molecule has 26 heavy (non-hydrogen) atoms. The van der Waals surface area contributed by atoms with Crippen molar-refractivity contribution in [3.05, 3.63) is 65.2 Å². The summed E-state index contributed by atoms with van der Waals surface area (Å²) in [5, 5.41) is 3.31. The Morgan fingerprint density at radius 3 is 2.23 bits per heavy atom. The number of carbonyl (C=O) groups is 1. The molecule has 2 aromatic rings. The zero-order chi connectivity index (χ0) is 18.1. The van der Waals surface area contributed by atoms with Crippen LogP contribution in [0, 0.1) is 13.8 Å². The van der Waals surface area contributed by atoms with Crippen LogP contribution < -0.4 is 10.2 Å². The van der Waals surface area contributed by atoms with Crippen LogP contribution >= 0.6 is 0 Å². The fraction of sp³-hybridized carbons (Fsp3) is 0.409. The van der Waals surface area contributed by atoms with Gasteiger partial charge in [-0.1, -0.05) is 42.0 Å². The summed E-state index contributed by atoms with van der Waals surface area (Å²) < 4.78 is 0. The molecule has 0 bridgehead atoms. The summed E-state index contributed by atoms with van der Waals surface area (Å²) in [5.74, 6) is 0.